The smallest absolute Gasteiger partial charge is 0.245 e. The van der Waals surface area contributed by atoms with Gasteiger partial charge in [0.05, 0.1) is 11.7 Å². The predicted octanol–water partition coefficient (Wildman–Crippen LogP) is 3.33. The number of rotatable bonds is 5. The molecule has 112 valence electrons. The molecule has 1 amide bonds. The Morgan fingerprint density at radius 2 is 1.90 bits per heavy atom. The number of nitrogens with zero attached hydrogens (tertiary/aromatic N) is 2. The van der Waals surface area contributed by atoms with E-state index in [1.165, 1.54) is 5.56 Å². The highest BCUT2D eigenvalue weighted by molar-refractivity contribution is 5.80. The van der Waals surface area contributed by atoms with Crippen molar-refractivity contribution in [3.8, 4) is 0 Å². The van der Waals surface area contributed by atoms with Gasteiger partial charge in [0.25, 0.3) is 0 Å². The monoisotopic (exact) mass is 285 g/mol. The summed E-state index contributed by atoms with van der Waals surface area (Å²) in [4.78, 5) is 12.4. The summed E-state index contributed by atoms with van der Waals surface area (Å²) in [6, 6.07) is 9.94. The summed E-state index contributed by atoms with van der Waals surface area (Å²) in [5.74, 6) is -0.00877. The van der Waals surface area contributed by atoms with E-state index in [9.17, 15) is 4.79 Å². The molecule has 0 spiro atoms. The molecule has 1 aromatic heterocycles. The second-order valence-electron chi connectivity index (χ2n) is 5.49. The zero-order chi connectivity index (χ0) is 15.4. The number of hydrogen-bond donors (Lipinski definition) is 1. The normalized spacial score (nSPS) is 13.7. The molecule has 0 bridgehead atoms. The lowest BCUT2D eigenvalue weighted by Gasteiger charge is -2.20. The first-order valence-electron chi connectivity index (χ1n) is 7.40. The number of amides is 1. The van der Waals surface area contributed by atoms with Crippen LogP contribution >= 0.6 is 0 Å². The molecule has 4 nitrogen and oxygen atoms in total. The number of carbonyl (C=O) groups is 1. The molecule has 2 aromatic rings. The number of hydrogen-bond acceptors (Lipinski definition) is 2. The standard InChI is InChI=1S/C17H23N3O/c1-5-16(15-8-6-12(2)7-9-15)18-17(21)14(4)20-11-10-13(3)19-20/h6-11,14,16H,5H2,1-4H3,(H,18,21). The number of aromatic nitrogens is 2. The SMILES string of the molecule is CCC(NC(=O)C(C)n1ccc(C)n1)c1ccc(C)cc1. The number of aryl methyl sites for hydroxylation is 2. The topological polar surface area (TPSA) is 46.9 Å². The third kappa shape index (κ3) is 3.72. The van der Waals surface area contributed by atoms with E-state index in [1.54, 1.807) is 4.68 Å². The van der Waals surface area contributed by atoms with E-state index in [4.69, 9.17) is 0 Å². The lowest BCUT2D eigenvalue weighted by molar-refractivity contribution is -0.124. The average Bonchev–Trinajstić information content (AvgIpc) is 2.91. The summed E-state index contributed by atoms with van der Waals surface area (Å²) in [5.41, 5.74) is 3.28. The summed E-state index contributed by atoms with van der Waals surface area (Å²) < 4.78 is 1.70. The zero-order valence-electron chi connectivity index (χ0n) is 13.1. The Labute approximate surface area is 126 Å². The van der Waals surface area contributed by atoms with E-state index in [0.29, 0.717) is 0 Å². The van der Waals surface area contributed by atoms with Crippen LogP contribution in [0.1, 0.15) is 49.2 Å². The molecule has 0 aliphatic carbocycles. The molecular formula is C17H23N3O. The summed E-state index contributed by atoms with van der Waals surface area (Å²) in [5, 5.41) is 7.42. The fraction of sp³-hybridized carbons (Fsp3) is 0.412. The van der Waals surface area contributed by atoms with Crippen LogP contribution < -0.4 is 5.32 Å². The Balaban J connectivity index is 2.07. The van der Waals surface area contributed by atoms with Gasteiger partial charge in [0.15, 0.2) is 0 Å². The van der Waals surface area contributed by atoms with E-state index in [0.717, 1.165) is 17.7 Å². The van der Waals surface area contributed by atoms with Crippen molar-refractivity contribution in [1.82, 2.24) is 15.1 Å². The fourth-order valence-electron chi connectivity index (χ4n) is 2.28. The van der Waals surface area contributed by atoms with Gasteiger partial charge in [-0.3, -0.25) is 9.48 Å². The van der Waals surface area contributed by atoms with Crippen LogP contribution in [0.5, 0.6) is 0 Å². The molecule has 0 radical (unpaired) electrons. The molecule has 2 atom stereocenters. The molecule has 0 aliphatic rings. The Morgan fingerprint density at radius 1 is 1.24 bits per heavy atom. The van der Waals surface area contributed by atoms with Crippen LogP contribution in [0.2, 0.25) is 0 Å². The molecule has 0 saturated heterocycles. The highest BCUT2D eigenvalue weighted by Crippen LogP contribution is 2.18. The van der Waals surface area contributed by atoms with Gasteiger partial charge in [0.1, 0.15) is 6.04 Å². The molecular weight excluding hydrogens is 262 g/mol. The quantitative estimate of drug-likeness (QED) is 0.916. The number of nitrogens with one attached hydrogen (secondary N) is 1. The van der Waals surface area contributed by atoms with E-state index in [1.807, 2.05) is 26.1 Å². The van der Waals surface area contributed by atoms with Crippen LogP contribution in [0.4, 0.5) is 0 Å². The molecule has 1 aromatic carbocycles. The molecule has 1 heterocycles. The van der Waals surface area contributed by atoms with E-state index in [2.05, 4.69) is 48.5 Å². The summed E-state index contributed by atoms with van der Waals surface area (Å²) in [6.45, 7) is 7.92. The van der Waals surface area contributed by atoms with Crippen molar-refractivity contribution >= 4 is 5.91 Å². The lowest BCUT2D eigenvalue weighted by atomic mass is 10.0. The van der Waals surface area contributed by atoms with Crippen molar-refractivity contribution in [2.45, 2.75) is 46.2 Å². The van der Waals surface area contributed by atoms with Crippen molar-refractivity contribution in [2.24, 2.45) is 0 Å². The second-order valence-corrected chi connectivity index (χ2v) is 5.49. The molecule has 0 aliphatic heterocycles. The van der Waals surface area contributed by atoms with Crippen molar-refractivity contribution < 1.29 is 4.79 Å². The maximum atomic E-state index is 12.4. The highest BCUT2D eigenvalue weighted by Gasteiger charge is 2.19. The van der Waals surface area contributed by atoms with Crippen molar-refractivity contribution in [3.05, 3.63) is 53.3 Å². The Bertz CT molecular complexity index is 601. The Morgan fingerprint density at radius 3 is 2.43 bits per heavy atom. The van der Waals surface area contributed by atoms with Crippen LogP contribution in [0.25, 0.3) is 0 Å². The van der Waals surface area contributed by atoms with Gasteiger partial charge in [-0.05, 0) is 38.8 Å². The van der Waals surface area contributed by atoms with Crippen molar-refractivity contribution in [3.63, 3.8) is 0 Å². The van der Waals surface area contributed by atoms with Crippen LogP contribution in [0, 0.1) is 13.8 Å². The van der Waals surface area contributed by atoms with Gasteiger partial charge in [-0.15, -0.1) is 0 Å². The first-order chi connectivity index (χ1) is 10.0. The molecule has 4 heteroatoms. The Kier molecular flexibility index (Phi) is 4.78. The minimum Gasteiger partial charge on any atom is -0.347 e. The van der Waals surface area contributed by atoms with Gasteiger partial charge in [0.2, 0.25) is 5.91 Å². The summed E-state index contributed by atoms with van der Waals surface area (Å²) >= 11 is 0. The molecule has 2 rings (SSSR count). The fourth-order valence-corrected chi connectivity index (χ4v) is 2.28. The molecule has 0 fully saturated rings. The van der Waals surface area contributed by atoms with Crippen molar-refractivity contribution in [1.29, 1.82) is 0 Å². The maximum absolute atomic E-state index is 12.4. The molecule has 1 N–H and O–H groups in total. The van der Waals surface area contributed by atoms with Crippen LogP contribution in [-0.4, -0.2) is 15.7 Å². The number of carbonyl (C=O) groups excluding carboxylic acids is 1. The second kappa shape index (κ2) is 6.57. The minimum absolute atomic E-state index is 0.00877. The maximum Gasteiger partial charge on any atom is 0.245 e. The van der Waals surface area contributed by atoms with Gasteiger partial charge < -0.3 is 5.32 Å². The van der Waals surface area contributed by atoms with Gasteiger partial charge in [-0.1, -0.05) is 36.8 Å². The van der Waals surface area contributed by atoms with Gasteiger partial charge in [-0.25, -0.2) is 0 Å². The van der Waals surface area contributed by atoms with Crippen molar-refractivity contribution in [2.75, 3.05) is 0 Å². The first kappa shape index (κ1) is 15.3. The van der Waals surface area contributed by atoms with Crippen LogP contribution in [0.15, 0.2) is 36.5 Å². The van der Waals surface area contributed by atoms with E-state index < -0.39 is 0 Å². The van der Waals surface area contributed by atoms with Crippen LogP contribution in [0.3, 0.4) is 0 Å². The summed E-state index contributed by atoms with van der Waals surface area (Å²) in [7, 11) is 0. The van der Waals surface area contributed by atoms with Crippen LogP contribution in [-0.2, 0) is 4.79 Å². The van der Waals surface area contributed by atoms with E-state index >= 15 is 0 Å². The Hall–Kier alpha value is -2.10. The first-order valence-corrected chi connectivity index (χ1v) is 7.40. The zero-order valence-corrected chi connectivity index (χ0v) is 13.1. The summed E-state index contributed by atoms with van der Waals surface area (Å²) in [6.07, 6.45) is 2.70. The van der Waals surface area contributed by atoms with Gasteiger partial charge in [-0.2, -0.15) is 5.10 Å². The third-order valence-corrected chi connectivity index (χ3v) is 3.72. The van der Waals surface area contributed by atoms with E-state index in [-0.39, 0.29) is 18.0 Å². The minimum atomic E-state index is -0.307. The highest BCUT2D eigenvalue weighted by atomic mass is 16.2. The molecule has 0 saturated carbocycles. The average molecular weight is 285 g/mol. The lowest BCUT2D eigenvalue weighted by Crippen LogP contribution is -2.34. The third-order valence-electron chi connectivity index (χ3n) is 3.72. The number of benzene rings is 1. The van der Waals surface area contributed by atoms with Gasteiger partial charge in [0, 0.05) is 6.20 Å². The predicted molar refractivity (Wildman–Crippen MR) is 84.0 cm³/mol. The van der Waals surface area contributed by atoms with Gasteiger partial charge >= 0.3 is 0 Å². The molecule has 2 unspecified atom stereocenters. The largest absolute Gasteiger partial charge is 0.347 e. The molecule has 21 heavy (non-hydrogen) atoms.